The van der Waals surface area contributed by atoms with Crippen molar-refractivity contribution in [2.24, 2.45) is 11.3 Å². The topological polar surface area (TPSA) is 17.1 Å². The van der Waals surface area contributed by atoms with Gasteiger partial charge in [0.1, 0.15) is 5.78 Å². The van der Waals surface area contributed by atoms with E-state index in [-0.39, 0.29) is 5.41 Å². The summed E-state index contributed by atoms with van der Waals surface area (Å²) in [6, 6.07) is 0. The zero-order valence-corrected chi connectivity index (χ0v) is 7.68. The molecule has 0 aromatic heterocycles. The fraction of sp³-hybridized carbons (Fsp3) is 0.727. The molecule has 1 fully saturated rings. The summed E-state index contributed by atoms with van der Waals surface area (Å²) in [5, 5.41) is 0. The lowest BCUT2D eigenvalue weighted by atomic mass is 9.62. The van der Waals surface area contributed by atoms with Gasteiger partial charge in [-0.1, -0.05) is 19.1 Å². The number of ketones is 1. The van der Waals surface area contributed by atoms with Gasteiger partial charge in [-0.15, -0.1) is 0 Å². The number of hydrogen-bond acceptors (Lipinski definition) is 1. The molecule has 2 rings (SSSR count). The van der Waals surface area contributed by atoms with Crippen LogP contribution in [-0.2, 0) is 4.79 Å². The Balaban J connectivity index is 2.27. The molecule has 0 saturated heterocycles. The lowest BCUT2D eigenvalue weighted by Gasteiger charge is -2.41. The van der Waals surface area contributed by atoms with Crippen LogP contribution in [0.4, 0.5) is 0 Å². The minimum absolute atomic E-state index is 0.00694. The number of Topliss-reactive ketones (excluding diaryl/α,β-unsaturated/α-hetero) is 1. The molecule has 12 heavy (non-hydrogen) atoms. The Hall–Kier alpha value is -0.590. The Morgan fingerprint density at radius 2 is 2.33 bits per heavy atom. The average molecular weight is 164 g/mol. The van der Waals surface area contributed by atoms with Crippen molar-refractivity contribution in [1.82, 2.24) is 0 Å². The van der Waals surface area contributed by atoms with E-state index in [0.717, 1.165) is 25.7 Å². The maximum absolute atomic E-state index is 11.7. The number of fused-ring (bicyclic) bond motifs is 1. The normalized spacial score (nSPS) is 41.1. The van der Waals surface area contributed by atoms with Gasteiger partial charge in [-0.2, -0.15) is 0 Å². The quantitative estimate of drug-likeness (QED) is 0.503. The summed E-state index contributed by atoms with van der Waals surface area (Å²) in [5.41, 5.74) is 0.00694. The fourth-order valence-electron chi connectivity index (χ4n) is 2.59. The fourth-order valence-corrected chi connectivity index (χ4v) is 2.59. The number of hydrogen-bond donors (Lipinski definition) is 0. The zero-order valence-electron chi connectivity index (χ0n) is 7.68. The molecule has 0 radical (unpaired) electrons. The van der Waals surface area contributed by atoms with Crippen LogP contribution in [0, 0.1) is 11.3 Å². The lowest BCUT2D eigenvalue weighted by molar-refractivity contribution is -0.134. The molecule has 66 valence electrons. The summed E-state index contributed by atoms with van der Waals surface area (Å²) in [4.78, 5) is 11.7. The Morgan fingerprint density at radius 3 is 3.08 bits per heavy atom. The smallest absolute Gasteiger partial charge is 0.139 e. The Kier molecular flexibility index (Phi) is 1.82. The monoisotopic (exact) mass is 164 g/mol. The molecule has 2 aliphatic carbocycles. The van der Waals surface area contributed by atoms with E-state index in [4.69, 9.17) is 0 Å². The Labute approximate surface area is 73.8 Å². The second-order valence-corrected chi connectivity index (χ2v) is 4.34. The van der Waals surface area contributed by atoms with E-state index in [1.165, 1.54) is 6.42 Å². The van der Waals surface area contributed by atoms with Crippen molar-refractivity contribution in [3.63, 3.8) is 0 Å². The highest BCUT2D eigenvalue weighted by atomic mass is 16.1. The van der Waals surface area contributed by atoms with E-state index in [9.17, 15) is 4.79 Å². The number of allylic oxidation sites excluding steroid dienone is 2. The predicted octanol–water partition coefficient (Wildman–Crippen LogP) is 2.71. The molecule has 0 amide bonds. The van der Waals surface area contributed by atoms with Crippen molar-refractivity contribution in [2.45, 2.75) is 39.0 Å². The van der Waals surface area contributed by atoms with Gasteiger partial charge in [0, 0.05) is 11.8 Å². The summed E-state index contributed by atoms with van der Waals surface area (Å²) in [5.74, 6) is 1.15. The molecule has 0 heterocycles. The van der Waals surface area contributed by atoms with Crippen LogP contribution in [0.2, 0.25) is 0 Å². The van der Waals surface area contributed by atoms with Crippen LogP contribution in [0.15, 0.2) is 12.2 Å². The van der Waals surface area contributed by atoms with Gasteiger partial charge in [0.25, 0.3) is 0 Å². The van der Waals surface area contributed by atoms with Gasteiger partial charge in [0.15, 0.2) is 0 Å². The van der Waals surface area contributed by atoms with Crippen molar-refractivity contribution in [1.29, 1.82) is 0 Å². The number of carbonyl (C=O) groups excluding carboxylic acids is 1. The van der Waals surface area contributed by atoms with E-state index >= 15 is 0 Å². The standard InChI is InChI=1S/C11H16O/c1-11-8-3-2-5-9(11)6-4-7-10(11)12/h2-3,9H,4-8H2,1H3/t9-,11-/m1/s1. The lowest BCUT2D eigenvalue weighted by Crippen LogP contribution is -2.40. The van der Waals surface area contributed by atoms with Crippen molar-refractivity contribution < 1.29 is 4.79 Å². The highest BCUT2D eigenvalue weighted by molar-refractivity contribution is 5.85. The van der Waals surface area contributed by atoms with Gasteiger partial charge in [-0.25, -0.2) is 0 Å². The first-order valence-electron chi connectivity index (χ1n) is 4.92. The van der Waals surface area contributed by atoms with E-state index < -0.39 is 0 Å². The first-order chi connectivity index (χ1) is 5.73. The molecule has 0 aromatic carbocycles. The molecular formula is C11H16O. The molecule has 2 aliphatic rings. The summed E-state index contributed by atoms with van der Waals surface area (Å²) < 4.78 is 0. The summed E-state index contributed by atoms with van der Waals surface area (Å²) >= 11 is 0. The maximum atomic E-state index is 11.7. The molecule has 0 bridgehead atoms. The molecular weight excluding hydrogens is 148 g/mol. The van der Waals surface area contributed by atoms with Gasteiger partial charge < -0.3 is 0 Å². The van der Waals surface area contributed by atoms with Gasteiger partial charge in [0.05, 0.1) is 0 Å². The minimum Gasteiger partial charge on any atom is -0.299 e. The molecule has 0 unspecified atom stereocenters. The molecule has 0 spiro atoms. The minimum atomic E-state index is 0.00694. The van der Waals surface area contributed by atoms with E-state index in [2.05, 4.69) is 19.1 Å². The van der Waals surface area contributed by atoms with E-state index in [1.807, 2.05) is 0 Å². The summed E-state index contributed by atoms with van der Waals surface area (Å²) in [6.07, 6.45) is 9.73. The van der Waals surface area contributed by atoms with Crippen LogP contribution in [0.5, 0.6) is 0 Å². The third-order valence-electron chi connectivity index (χ3n) is 3.62. The summed E-state index contributed by atoms with van der Waals surface area (Å²) in [7, 11) is 0. The summed E-state index contributed by atoms with van der Waals surface area (Å²) in [6.45, 7) is 2.16. The number of carbonyl (C=O) groups is 1. The van der Waals surface area contributed by atoms with Crippen molar-refractivity contribution in [3.05, 3.63) is 12.2 Å². The highest BCUT2D eigenvalue weighted by Gasteiger charge is 2.42. The molecule has 0 N–H and O–H groups in total. The van der Waals surface area contributed by atoms with E-state index in [0.29, 0.717) is 11.7 Å². The van der Waals surface area contributed by atoms with Crippen molar-refractivity contribution in [3.8, 4) is 0 Å². The van der Waals surface area contributed by atoms with Gasteiger partial charge in [-0.05, 0) is 31.6 Å². The second kappa shape index (κ2) is 2.72. The predicted molar refractivity (Wildman–Crippen MR) is 48.8 cm³/mol. The molecule has 0 aromatic rings. The Bertz CT molecular complexity index is 229. The largest absolute Gasteiger partial charge is 0.299 e. The van der Waals surface area contributed by atoms with Gasteiger partial charge in [0.2, 0.25) is 0 Å². The molecule has 0 aliphatic heterocycles. The van der Waals surface area contributed by atoms with Gasteiger partial charge >= 0.3 is 0 Å². The third-order valence-corrected chi connectivity index (χ3v) is 3.62. The molecule has 1 nitrogen and oxygen atoms in total. The molecule has 2 atom stereocenters. The van der Waals surface area contributed by atoms with Crippen LogP contribution in [-0.4, -0.2) is 5.78 Å². The first kappa shape index (κ1) is 8.03. The van der Waals surface area contributed by atoms with Gasteiger partial charge in [-0.3, -0.25) is 4.79 Å². The third kappa shape index (κ3) is 1.03. The van der Waals surface area contributed by atoms with Crippen LogP contribution in [0.3, 0.4) is 0 Å². The molecule has 1 heteroatoms. The van der Waals surface area contributed by atoms with Crippen LogP contribution in [0.1, 0.15) is 39.0 Å². The maximum Gasteiger partial charge on any atom is 0.139 e. The van der Waals surface area contributed by atoms with Crippen molar-refractivity contribution >= 4 is 5.78 Å². The number of rotatable bonds is 0. The second-order valence-electron chi connectivity index (χ2n) is 4.34. The Morgan fingerprint density at radius 1 is 1.50 bits per heavy atom. The highest BCUT2D eigenvalue weighted by Crippen LogP contribution is 2.45. The first-order valence-corrected chi connectivity index (χ1v) is 4.92. The van der Waals surface area contributed by atoms with Crippen LogP contribution in [0.25, 0.3) is 0 Å². The molecule has 1 saturated carbocycles. The SMILES string of the molecule is C[C@@]12CC=CC[C@@H]1CCCC2=O. The van der Waals surface area contributed by atoms with Crippen LogP contribution >= 0.6 is 0 Å². The zero-order chi connectivity index (χ0) is 8.60. The average Bonchev–Trinajstić information content (AvgIpc) is 2.07. The van der Waals surface area contributed by atoms with Crippen molar-refractivity contribution in [2.75, 3.05) is 0 Å². The van der Waals surface area contributed by atoms with Crippen LogP contribution < -0.4 is 0 Å². The van der Waals surface area contributed by atoms with E-state index in [1.54, 1.807) is 0 Å².